The normalized spacial score (nSPS) is 11.7. The Balaban J connectivity index is 1.83. The molecule has 1 aromatic heterocycles. The lowest BCUT2D eigenvalue weighted by atomic mass is 9.89. The molecule has 19 heavy (non-hydrogen) atoms. The third-order valence-electron chi connectivity index (χ3n) is 3.27. The maximum atomic E-state index is 3.99. The minimum atomic E-state index is 0.455. The SMILES string of the molecule is CC(C)(C)CCCCc1ccc(-n2ccnn2)cc1. The van der Waals surface area contributed by atoms with Crippen molar-refractivity contribution in [3.63, 3.8) is 0 Å². The van der Waals surface area contributed by atoms with Crippen LogP contribution in [0.5, 0.6) is 0 Å². The number of unbranched alkanes of at least 4 members (excludes halogenated alkanes) is 1. The van der Waals surface area contributed by atoms with E-state index < -0.39 is 0 Å². The van der Waals surface area contributed by atoms with E-state index in [0.717, 1.165) is 12.1 Å². The van der Waals surface area contributed by atoms with Crippen molar-refractivity contribution in [3.8, 4) is 5.69 Å². The Morgan fingerprint density at radius 2 is 1.79 bits per heavy atom. The molecule has 0 saturated heterocycles. The molecule has 0 atom stereocenters. The summed E-state index contributed by atoms with van der Waals surface area (Å²) in [5, 5.41) is 7.80. The van der Waals surface area contributed by atoms with Crippen LogP contribution in [0.15, 0.2) is 36.7 Å². The Kier molecular flexibility index (Phi) is 4.35. The fourth-order valence-corrected chi connectivity index (χ4v) is 2.15. The molecule has 0 fully saturated rings. The summed E-state index contributed by atoms with van der Waals surface area (Å²) < 4.78 is 1.78. The van der Waals surface area contributed by atoms with Gasteiger partial charge in [-0.05, 0) is 42.4 Å². The van der Waals surface area contributed by atoms with E-state index in [4.69, 9.17) is 0 Å². The molecule has 0 spiro atoms. The van der Waals surface area contributed by atoms with E-state index in [1.807, 2.05) is 6.20 Å². The lowest BCUT2D eigenvalue weighted by Crippen LogP contribution is -2.04. The summed E-state index contributed by atoms with van der Waals surface area (Å²) in [5.41, 5.74) is 2.92. The number of hydrogen-bond acceptors (Lipinski definition) is 2. The summed E-state index contributed by atoms with van der Waals surface area (Å²) in [6.45, 7) is 6.92. The van der Waals surface area contributed by atoms with Crippen LogP contribution in [0.2, 0.25) is 0 Å². The number of benzene rings is 1. The van der Waals surface area contributed by atoms with Crippen LogP contribution in [0.25, 0.3) is 5.69 Å². The Bertz CT molecular complexity index is 478. The van der Waals surface area contributed by atoms with Gasteiger partial charge in [0.05, 0.1) is 18.1 Å². The molecule has 0 unspecified atom stereocenters. The van der Waals surface area contributed by atoms with E-state index >= 15 is 0 Å². The Morgan fingerprint density at radius 1 is 1.05 bits per heavy atom. The fraction of sp³-hybridized carbons (Fsp3) is 0.500. The van der Waals surface area contributed by atoms with Crippen LogP contribution in [0.4, 0.5) is 0 Å². The zero-order chi connectivity index (χ0) is 13.7. The molecule has 0 radical (unpaired) electrons. The van der Waals surface area contributed by atoms with Gasteiger partial charge in [-0.25, -0.2) is 4.68 Å². The van der Waals surface area contributed by atoms with Gasteiger partial charge in [0, 0.05) is 0 Å². The van der Waals surface area contributed by atoms with Gasteiger partial charge < -0.3 is 0 Å². The number of aryl methyl sites for hydroxylation is 1. The van der Waals surface area contributed by atoms with Gasteiger partial charge in [0.15, 0.2) is 0 Å². The van der Waals surface area contributed by atoms with Gasteiger partial charge in [-0.15, -0.1) is 5.10 Å². The molecule has 3 nitrogen and oxygen atoms in total. The first-order valence-electron chi connectivity index (χ1n) is 7.00. The van der Waals surface area contributed by atoms with Gasteiger partial charge >= 0.3 is 0 Å². The maximum absolute atomic E-state index is 3.99. The second kappa shape index (κ2) is 6.00. The zero-order valence-corrected chi connectivity index (χ0v) is 12.1. The molecule has 0 aliphatic heterocycles. The molecule has 3 heteroatoms. The monoisotopic (exact) mass is 257 g/mol. The summed E-state index contributed by atoms with van der Waals surface area (Å²) in [6, 6.07) is 8.59. The summed E-state index contributed by atoms with van der Waals surface area (Å²) in [4.78, 5) is 0. The van der Waals surface area contributed by atoms with E-state index in [9.17, 15) is 0 Å². The van der Waals surface area contributed by atoms with E-state index in [0.29, 0.717) is 5.41 Å². The zero-order valence-electron chi connectivity index (χ0n) is 12.1. The van der Waals surface area contributed by atoms with Gasteiger partial charge in [0.25, 0.3) is 0 Å². The molecule has 0 saturated carbocycles. The van der Waals surface area contributed by atoms with E-state index in [1.165, 1.54) is 24.8 Å². The second-order valence-corrected chi connectivity index (χ2v) is 6.28. The van der Waals surface area contributed by atoms with Crippen LogP contribution < -0.4 is 0 Å². The van der Waals surface area contributed by atoms with Gasteiger partial charge in [0.1, 0.15) is 0 Å². The molecule has 2 aromatic rings. The number of nitrogens with zero attached hydrogens (tertiary/aromatic N) is 3. The van der Waals surface area contributed by atoms with Crippen LogP contribution in [0.1, 0.15) is 45.6 Å². The van der Waals surface area contributed by atoms with Gasteiger partial charge in [-0.1, -0.05) is 44.5 Å². The molecule has 1 aromatic carbocycles. The quantitative estimate of drug-likeness (QED) is 0.757. The van der Waals surface area contributed by atoms with E-state index in [1.54, 1.807) is 10.9 Å². The summed E-state index contributed by atoms with van der Waals surface area (Å²) in [6.07, 6.45) is 8.57. The summed E-state index contributed by atoms with van der Waals surface area (Å²) >= 11 is 0. The Labute approximate surface area is 115 Å². The molecule has 0 bridgehead atoms. The van der Waals surface area contributed by atoms with Gasteiger partial charge in [-0.3, -0.25) is 0 Å². The van der Waals surface area contributed by atoms with Crippen molar-refractivity contribution in [3.05, 3.63) is 42.2 Å². The average Bonchev–Trinajstić information content (AvgIpc) is 2.88. The third kappa shape index (κ3) is 4.51. The standard InChI is InChI=1S/C16H23N3/c1-16(2,3)11-5-4-6-14-7-9-15(10-8-14)19-13-12-17-18-19/h7-10,12-13H,4-6,11H2,1-3H3. The van der Waals surface area contributed by atoms with Crippen molar-refractivity contribution < 1.29 is 0 Å². The van der Waals surface area contributed by atoms with E-state index in [2.05, 4.69) is 55.3 Å². The van der Waals surface area contributed by atoms with E-state index in [-0.39, 0.29) is 0 Å². The molecular weight excluding hydrogens is 234 g/mol. The highest BCUT2D eigenvalue weighted by molar-refractivity contribution is 5.33. The Morgan fingerprint density at radius 3 is 2.37 bits per heavy atom. The van der Waals surface area contributed by atoms with Gasteiger partial charge in [-0.2, -0.15) is 0 Å². The maximum Gasteiger partial charge on any atom is 0.0697 e. The number of aromatic nitrogens is 3. The lowest BCUT2D eigenvalue weighted by molar-refractivity contribution is 0.360. The van der Waals surface area contributed by atoms with Crippen LogP contribution in [0, 0.1) is 5.41 Å². The highest BCUT2D eigenvalue weighted by Gasteiger charge is 2.08. The summed E-state index contributed by atoms with van der Waals surface area (Å²) in [7, 11) is 0. The first-order chi connectivity index (χ1) is 9.04. The Hall–Kier alpha value is -1.64. The van der Waals surface area contributed by atoms with Crippen LogP contribution in [0.3, 0.4) is 0 Å². The first-order valence-corrected chi connectivity index (χ1v) is 7.00. The highest BCUT2D eigenvalue weighted by Crippen LogP contribution is 2.22. The average molecular weight is 257 g/mol. The fourth-order valence-electron chi connectivity index (χ4n) is 2.15. The molecule has 0 N–H and O–H groups in total. The van der Waals surface area contributed by atoms with Crippen molar-refractivity contribution in [1.82, 2.24) is 15.0 Å². The van der Waals surface area contributed by atoms with Crippen molar-refractivity contribution in [2.75, 3.05) is 0 Å². The number of hydrogen-bond donors (Lipinski definition) is 0. The molecule has 2 rings (SSSR count). The third-order valence-corrected chi connectivity index (χ3v) is 3.27. The minimum absolute atomic E-state index is 0.455. The van der Waals surface area contributed by atoms with Crippen molar-refractivity contribution in [2.45, 2.75) is 46.5 Å². The van der Waals surface area contributed by atoms with Crippen LogP contribution >= 0.6 is 0 Å². The molecule has 1 heterocycles. The molecular formula is C16H23N3. The molecule has 102 valence electrons. The minimum Gasteiger partial charge on any atom is -0.221 e. The first kappa shape index (κ1) is 13.8. The van der Waals surface area contributed by atoms with Crippen LogP contribution in [-0.2, 0) is 6.42 Å². The predicted molar refractivity (Wildman–Crippen MR) is 78.4 cm³/mol. The van der Waals surface area contributed by atoms with Gasteiger partial charge in [0.2, 0.25) is 0 Å². The molecule has 0 amide bonds. The summed E-state index contributed by atoms with van der Waals surface area (Å²) in [5.74, 6) is 0. The topological polar surface area (TPSA) is 30.7 Å². The van der Waals surface area contributed by atoms with Crippen molar-refractivity contribution in [2.24, 2.45) is 5.41 Å². The molecule has 0 aliphatic carbocycles. The largest absolute Gasteiger partial charge is 0.221 e. The smallest absolute Gasteiger partial charge is 0.0697 e. The van der Waals surface area contributed by atoms with Crippen molar-refractivity contribution in [1.29, 1.82) is 0 Å². The lowest BCUT2D eigenvalue weighted by Gasteiger charge is -2.17. The van der Waals surface area contributed by atoms with Crippen molar-refractivity contribution >= 4 is 0 Å². The highest BCUT2D eigenvalue weighted by atomic mass is 15.4. The second-order valence-electron chi connectivity index (χ2n) is 6.28. The van der Waals surface area contributed by atoms with Crippen LogP contribution in [-0.4, -0.2) is 15.0 Å². The number of rotatable bonds is 5. The molecule has 0 aliphatic rings. The predicted octanol–water partition coefficient (Wildman–Crippen LogP) is 4.03.